The highest BCUT2D eigenvalue weighted by molar-refractivity contribution is 5.96. The van der Waals surface area contributed by atoms with Crippen LogP contribution in [0.5, 0.6) is 5.75 Å². The standard InChI is InChI=1S/C19H24N4O2/c1-14-20-11-9-17(21-14)23-12-6-10-19(2,13-23)18(24)22-15-7-4-5-8-16(15)25-3/h4-5,7-9,11H,6,10,12-13H2,1-3H3,(H,22,24)/t19-/m0/s1. The second-order valence-electron chi connectivity index (χ2n) is 6.70. The molecule has 25 heavy (non-hydrogen) atoms. The van der Waals surface area contributed by atoms with Crippen molar-refractivity contribution in [3.8, 4) is 5.75 Å². The molecule has 3 rings (SSSR count). The smallest absolute Gasteiger partial charge is 0.232 e. The highest BCUT2D eigenvalue weighted by Crippen LogP contribution is 2.34. The molecule has 1 fully saturated rings. The number of piperidine rings is 1. The van der Waals surface area contributed by atoms with Gasteiger partial charge in [-0.2, -0.15) is 0 Å². The fourth-order valence-electron chi connectivity index (χ4n) is 3.26. The minimum Gasteiger partial charge on any atom is -0.495 e. The van der Waals surface area contributed by atoms with Gasteiger partial charge in [-0.05, 0) is 44.9 Å². The molecule has 2 aromatic rings. The summed E-state index contributed by atoms with van der Waals surface area (Å²) >= 11 is 0. The SMILES string of the molecule is COc1ccccc1NC(=O)[C@@]1(C)CCCN(c2ccnc(C)n2)C1. The number of ether oxygens (including phenoxy) is 1. The number of carbonyl (C=O) groups excluding carboxylic acids is 1. The second kappa shape index (κ2) is 7.09. The second-order valence-corrected chi connectivity index (χ2v) is 6.70. The Morgan fingerprint density at radius 2 is 2.12 bits per heavy atom. The number of hydrogen-bond donors (Lipinski definition) is 1. The number of benzene rings is 1. The lowest BCUT2D eigenvalue weighted by molar-refractivity contribution is -0.125. The van der Waals surface area contributed by atoms with Crippen molar-refractivity contribution in [1.82, 2.24) is 9.97 Å². The molecule has 1 aliphatic heterocycles. The van der Waals surface area contributed by atoms with Crippen LogP contribution in [0.4, 0.5) is 11.5 Å². The number of aromatic nitrogens is 2. The van der Waals surface area contributed by atoms with Crippen LogP contribution in [-0.4, -0.2) is 36.1 Å². The third kappa shape index (κ3) is 3.73. The highest BCUT2D eigenvalue weighted by atomic mass is 16.5. The molecule has 0 spiro atoms. The molecular formula is C19H24N4O2. The molecule has 1 saturated heterocycles. The third-order valence-electron chi connectivity index (χ3n) is 4.69. The normalized spacial score (nSPS) is 20.2. The van der Waals surface area contributed by atoms with Gasteiger partial charge in [-0.3, -0.25) is 4.79 Å². The lowest BCUT2D eigenvalue weighted by Crippen LogP contribution is -2.48. The van der Waals surface area contributed by atoms with Gasteiger partial charge in [0.2, 0.25) is 5.91 Å². The molecule has 0 radical (unpaired) electrons. The van der Waals surface area contributed by atoms with Gasteiger partial charge in [-0.1, -0.05) is 12.1 Å². The minimum atomic E-state index is -0.488. The fourth-order valence-corrected chi connectivity index (χ4v) is 3.26. The summed E-state index contributed by atoms with van der Waals surface area (Å²) in [5.74, 6) is 2.29. The predicted octanol–water partition coefficient (Wildman–Crippen LogP) is 3.04. The van der Waals surface area contributed by atoms with Crippen molar-refractivity contribution in [3.05, 3.63) is 42.4 Å². The van der Waals surface area contributed by atoms with E-state index in [1.54, 1.807) is 13.3 Å². The van der Waals surface area contributed by atoms with E-state index in [0.29, 0.717) is 18.0 Å². The summed E-state index contributed by atoms with van der Waals surface area (Å²) in [6.45, 7) is 5.41. The van der Waals surface area contributed by atoms with E-state index in [-0.39, 0.29) is 5.91 Å². The van der Waals surface area contributed by atoms with Gasteiger partial charge in [0, 0.05) is 19.3 Å². The number of aryl methyl sites for hydroxylation is 1. The molecule has 1 atom stereocenters. The zero-order chi connectivity index (χ0) is 17.9. The average Bonchev–Trinajstić information content (AvgIpc) is 2.62. The van der Waals surface area contributed by atoms with Gasteiger partial charge in [-0.15, -0.1) is 0 Å². The molecule has 0 unspecified atom stereocenters. The molecule has 0 bridgehead atoms. The van der Waals surface area contributed by atoms with Crippen LogP contribution in [0.3, 0.4) is 0 Å². The number of carbonyl (C=O) groups is 1. The number of anilines is 2. The Hall–Kier alpha value is -2.63. The number of rotatable bonds is 4. The Kier molecular flexibility index (Phi) is 4.88. The summed E-state index contributed by atoms with van der Waals surface area (Å²) in [4.78, 5) is 23.8. The van der Waals surface area contributed by atoms with E-state index < -0.39 is 5.41 Å². The van der Waals surface area contributed by atoms with Gasteiger partial charge in [0.05, 0.1) is 18.2 Å². The molecule has 132 valence electrons. The minimum absolute atomic E-state index is 0.00692. The molecule has 1 aliphatic rings. The van der Waals surface area contributed by atoms with Crippen LogP contribution in [-0.2, 0) is 4.79 Å². The zero-order valence-electron chi connectivity index (χ0n) is 15.0. The molecule has 1 N–H and O–H groups in total. The molecule has 2 heterocycles. The van der Waals surface area contributed by atoms with Crippen LogP contribution < -0.4 is 15.0 Å². The van der Waals surface area contributed by atoms with Gasteiger partial charge in [0.25, 0.3) is 0 Å². The molecule has 0 aliphatic carbocycles. The summed E-state index contributed by atoms with van der Waals surface area (Å²) < 4.78 is 5.33. The fraction of sp³-hybridized carbons (Fsp3) is 0.421. The summed E-state index contributed by atoms with van der Waals surface area (Å²) in [5.41, 5.74) is 0.212. The summed E-state index contributed by atoms with van der Waals surface area (Å²) in [7, 11) is 1.60. The first kappa shape index (κ1) is 17.2. The number of para-hydroxylation sites is 2. The molecule has 1 aromatic carbocycles. The van der Waals surface area contributed by atoms with Gasteiger partial charge >= 0.3 is 0 Å². The molecule has 1 amide bonds. The molecule has 6 nitrogen and oxygen atoms in total. The van der Waals surface area contributed by atoms with Gasteiger partial charge in [0.15, 0.2) is 0 Å². The summed E-state index contributed by atoms with van der Waals surface area (Å²) in [5, 5.41) is 3.03. The third-order valence-corrected chi connectivity index (χ3v) is 4.69. The summed E-state index contributed by atoms with van der Waals surface area (Å²) in [6, 6.07) is 9.37. The average molecular weight is 340 g/mol. The Labute approximate surface area is 148 Å². The van der Waals surface area contributed by atoms with E-state index >= 15 is 0 Å². The monoisotopic (exact) mass is 340 g/mol. The number of methoxy groups -OCH3 is 1. The van der Waals surface area contributed by atoms with E-state index in [4.69, 9.17) is 4.74 Å². The van der Waals surface area contributed by atoms with Gasteiger partial charge < -0.3 is 15.0 Å². The van der Waals surface area contributed by atoms with Crippen molar-refractivity contribution >= 4 is 17.4 Å². The van der Waals surface area contributed by atoms with Crippen LogP contribution in [0.15, 0.2) is 36.5 Å². The Bertz CT molecular complexity index is 765. The lowest BCUT2D eigenvalue weighted by atomic mass is 9.81. The van der Waals surface area contributed by atoms with Crippen molar-refractivity contribution in [2.45, 2.75) is 26.7 Å². The first-order valence-electron chi connectivity index (χ1n) is 8.51. The zero-order valence-corrected chi connectivity index (χ0v) is 15.0. The van der Waals surface area contributed by atoms with Crippen LogP contribution in [0, 0.1) is 12.3 Å². The van der Waals surface area contributed by atoms with E-state index in [9.17, 15) is 4.79 Å². The maximum atomic E-state index is 13.0. The Morgan fingerprint density at radius 1 is 1.32 bits per heavy atom. The highest BCUT2D eigenvalue weighted by Gasteiger charge is 2.38. The van der Waals surface area contributed by atoms with E-state index in [1.165, 1.54) is 0 Å². The number of nitrogens with zero attached hydrogens (tertiary/aromatic N) is 3. The molecule has 0 saturated carbocycles. The van der Waals surface area contributed by atoms with Crippen molar-refractivity contribution < 1.29 is 9.53 Å². The maximum Gasteiger partial charge on any atom is 0.232 e. The Morgan fingerprint density at radius 3 is 2.88 bits per heavy atom. The first-order valence-corrected chi connectivity index (χ1v) is 8.51. The summed E-state index contributed by atoms with van der Waals surface area (Å²) in [6.07, 6.45) is 3.55. The lowest BCUT2D eigenvalue weighted by Gasteiger charge is -2.40. The van der Waals surface area contributed by atoms with Crippen molar-refractivity contribution in [3.63, 3.8) is 0 Å². The molecule has 6 heteroatoms. The Balaban J connectivity index is 1.77. The maximum absolute atomic E-state index is 13.0. The van der Waals surface area contributed by atoms with Crippen LogP contribution in [0.25, 0.3) is 0 Å². The van der Waals surface area contributed by atoms with Gasteiger partial charge in [0.1, 0.15) is 17.4 Å². The van der Waals surface area contributed by atoms with E-state index in [0.717, 1.165) is 31.0 Å². The van der Waals surface area contributed by atoms with Crippen molar-refractivity contribution in [1.29, 1.82) is 0 Å². The van der Waals surface area contributed by atoms with E-state index in [2.05, 4.69) is 20.2 Å². The van der Waals surface area contributed by atoms with Crippen LogP contribution in [0.2, 0.25) is 0 Å². The van der Waals surface area contributed by atoms with Crippen LogP contribution in [0.1, 0.15) is 25.6 Å². The molecule has 1 aromatic heterocycles. The molecular weight excluding hydrogens is 316 g/mol. The number of hydrogen-bond acceptors (Lipinski definition) is 5. The largest absolute Gasteiger partial charge is 0.495 e. The van der Waals surface area contributed by atoms with E-state index in [1.807, 2.05) is 44.2 Å². The predicted molar refractivity (Wildman–Crippen MR) is 97.9 cm³/mol. The van der Waals surface area contributed by atoms with Crippen molar-refractivity contribution in [2.24, 2.45) is 5.41 Å². The number of nitrogens with one attached hydrogen (secondary N) is 1. The van der Waals surface area contributed by atoms with Crippen LogP contribution >= 0.6 is 0 Å². The quantitative estimate of drug-likeness (QED) is 0.926. The van der Waals surface area contributed by atoms with Gasteiger partial charge in [-0.25, -0.2) is 9.97 Å². The van der Waals surface area contributed by atoms with Crippen molar-refractivity contribution in [2.75, 3.05) is 30.4 Å². The first-order chi connectivity index (χ1) is 12.0. The number of amides is 1. The topological polar surface area (TPSA) is 67.3 Å².